The molecular formula is C19H13F2N5O2. The van der Waals surface area contributed by atoms with Crippen LogP contribution >= 0.6 is 0 Å². The highest BCUT2D eigenvalue weighted by Gasteiger charge is 2.23. The van der Waals surface area contributed by atoms with Gasteiger partial charge in [0.1, 0.15) is 5.69 Å². The van der Waals surface area contributed by atoms with Gasteiger partial charge < -0.3 is 0 Å². The van der Waals surface area contributed by atoms with Crippen LogP contribution in [0.3, 0.4) is 0 Å². The monoisotopic (exact) mass is 381 g/mol. The van der Waals surface area contributed by atoms with Crippen LogP contribution in [0, 0.1) is 11.6 Å². The Hall–Kier alpha value is -3.88. The number of nitrogens with zero attached hydrogens (tertiary/aromatic N) is 5. The molecular weight excluding hydrogens is 368 g/mol. The van der Waals surface area contributed by atoms with Crippen molar-refractivity contribution in [3.8, 4) is 5.69 Å². The van der Waals surface area contributed by atoms with Gasteiger partial charge >= 0.3 is 11.7 Å². The summed E-state index contributed by atoms with van der Waals surface area (Å²) in [5.41, 5.74) is -1.23. The average molecular weight is 381 g/mol. The molecule has 0 aliphatic rings. The molecule has 0 fully saturated rings. The topological polar surface area (TPSA) is 73.0 Å². The summed E-state index contributed by atoms with van der Waals surface area (Å²) in [6, 6.07) is 15.1. The lowest BCUT2D eigenvalue weighted by atomic mass is 10.1. The maximum Gasteiger partial charge on any atom is 0.377 e. The standard InChI is InChI=1S/C19H13F2N5O2/c1-24(16-11-4-7-12-6-2-3-8-13(12)16)18(27)26-19(28)25(22-23-26)17-14(20)9-5-10-15(17)21/h2-11H,1H3. The minimum absolute atomic E-state index is 0.416. The predicted molar refractivity (Wildman–Crippen MR) is 98.7 cm³/mol. The second-order valence-corrected chi connectivity index (χ2v) is 6.00. The van der Waals surface area contributed by atoms with Gasteiger partial charge in [-0.05, 0) is 34.0 Å². The Morgan fingerprint density at radius 3 is 2.32 bits per heavy atom. The fraction of sp³-hybridized carbons (Fsp3) is 0.0526. The minimum atomic E-state index is -1.08. The van der Waals surface area contributed by atoms with E-state index in [0.29, 0.717) is 15.1 Å². The Kier molecular flexibility index (Phi) is 4.19. The number of fused-ring (bicyclic) bond motifs is 1. The molecule has 4 rings (SSSR count). The number of halogens is 2. The molecule has 4 aromatic rings. The number of anilines is 1. The number of para-hydroxylation sites is 1. The maximum atomic E-state index is 14.0. The van der Waals surface area contributed by atoms with Gasteiger partial charge in [0.25, 0.3) is 0 Å². The van der Waals surface area contributed by atoms with E-state index in [1.165, 1.54) is 11.9 Å². The van der Waals surface area contributed by atoms with Gasteiger partial charge in [-0.1, -0.05) is 42.5 Å². The molecule has 0 bridgehead atoms. The van der Waals surface area contributed by atoms with Crippen molar-refractivity contribution in [3.63, 3.8) is 0 Å². The van der Waals surface area contributed by atoms with Crippen molar-refractivity contribution in [1.29, 1.82) is 0 Å². The molecule has 1 aromatic heterocycles. The normalized spacial score (nSPS) is 11.0. The van der Waals surface area contributed by atoms with Crippen molar-refractivity contribution >= 4 is 22.5 Å². The van der Waals surface area contributed by atoms with Gasteiger partial charge in [-0.15, -0.1) is 4.68 Å². The van der Waals surface area contributed by atoms with Crippen LogP contribution in [0.5, 0.6) is 0 Å². The van der Waals surface area contributed by atoms with Gasteiger partial charge in [0.2, 0.25) is 0 Å². The zero-order valence-corrected chi connectivity index (χ0v) is 14.6. The number of aromatic nitrogens is 4. The van der Waals surface area contributed by atoms with Gasteiger partial charge in [-0.2, -0.15) is 4.68 Å². The number of benzene rings is 3. The van der Waals surface area contributed by atoms with E-state index in [0.717, 1.165) is 29.0 Å². The largest absolute Gasteiger partial charge is 0.377 e. The molecule has 0 saturated carbocycles. The highest BCUT2D eigenvalue weighted by molar-refractivity contribution is 6.03. The number of hydrogen-bond donors (Lipinski definition) is 0. The Morgan fingerprint density at radius 1 is 0.929 bits per heavy atom. The fourth-order valence-electron chi connectivity index (χ4n) is 2.94. The molecule has 0 unspecified atom stereocenters. The van der Waals surface area contributed by atoms with E-state index in [9.17, 15) is 18.4 Å². The summed E-state index contributed by atoms with van der Waals surface area (Å²) in [5, 5.41) is 8.65. The second kappa shape index (κ2) is 6.69. The second-order valence-electron chi connectivity index (χ2n) is 6.00. The summed E-state index contributed by atoms with van der Waals surface area (Å²) in [6.45, 7) is 0. The highest BCUT2D eigenvalue weighted by Crippen LogP contribution is 2.26. The van der Waals surface area contributed by atoms with Crippen LogP contribution in [-0.2, 0) is 0 Å². The molecule has 3 aromatic carbocycles. The third-order valence-corrected chi connectivity index (χ3v) is 4.33. The van der Waals surface area contributed by atoms with E-state index in [4.69, 9.17) is 0 Å². The van der Waals surface area contributed by atoms with Crippen LogP contribution in [-0.4, -0.2) is 32.9 Å². The first kappa shape index (κ1) is 17.5. The van der Waals surface area contributed by atoms with E-state index < -0.39 is 29.0 Å². The van der Waals surface area contributed by atoms with E-state index in [1.54, 1.807) is 12.1 Å². The fourth-order valence-corrected chi connectivity index (χ4v) is 2.94. The van der Waals surface area contributed by atoms with E-state index in [-0.39, 0.29) is 0 Å². The average Bonchev–Trinajstić information content (AvgIpc) is 3.07. The predicted octanol–water partition coefficient (Wildman–Crippen LogP) is 2.96. The van der Waals surface area contributed by atoms with Crippen molar-refractivity contribution in [1.82, 2.24) is 19.8 Å². The minimum Gasteiger partial charge on any atom is -0.295 e. The van der Waals surface area contributed by atoms with Crippen LogP contribution in [0.4, 0.5) is 19.3 Å². The molecule has 0 aliphatic carbocycles. The SMILES string of the molecule is CN(C(=O)n1nnn(-c2c(F)cccc2F)c1=O)c1cccc2ccccc12. The molecule has 140 valence electrons. The Bertz CT molecular complexity index is 1240. The third-order valence-electron chi connectivity index (χ3n) is 4.33. The van der Waals surface area contributed by atoms with Crippen LogP contribution in [0.25, 0.3) is 16.5 Å². The summed E-state index contributed by atoms with van der Waals surface area (Å²) in [7, 11) is 1.47. The Morgan fingerprint density at radius 2 is 1.57 bits per heavy atom. The lowest BCUT2D eigenvalue weighted by Gasteiger charge is -2.18. The van der Waals surface area contributed by atoms with Gasteiger partial charge in [0, 0.05) is 12.4 Å². The molecule has 7 nitrogen and oxygen atoms in total. The summed E-state index contributed by atoms with van der Waals surface area (Å²) < 4.78 is 28.8. The van der Waals surface area contributed by atoms with Crippen LogP contribution in [0.1, 0.15) is 0 Å². The zero-order chi connectivity index (χ0) is 19.8. The molecule has 1 amide bonds. The number of carbonyl (C=O) groups is 1. The van der Waals surface area contributed by atoms with Crippen LogP contribution in [0.2, 0.25) is 0 Å². The lowest BCUT2D eigenvalue weighted by Crippen LogP contribution is -2.39. The highest BCUT2D eigenvalue weighted by atomic mass is 19.1. The summed E-state index contributed by atoms with van der Waals surface area (Å²) in [4.78, 5) is 26.6. The quantitative estimate of drug-likeness (QED) is 0.501. The van der Waals surface area contributed by atoms with Crippen molar-refractivity contribution in [2.24, 2.45) is 0 Å². The number of amides is 1. The number of rotatable bonds is 2. The van der Waals surface area contributed by atoms with Gasteiger partial charge in [-0.3, -0.25) is 4.90 Å². The Labute approximate surface area is 157 Å². The third kappa shape index (κ3) is 2.73. The summed E-state index contributed by atoms with van der Waals surface area (Å²) in [6.07, 6.45) is 0. The first-order valence-corrected chi connectivity index (χ1v) is 8.24. The summed E-state index contributed by atoms with van der Waals surface area (Å²) in [5.74, 6) is -1.99. The molecule has 0 spiro atoms. The number of tetrazole rings is 1. The first-order chi connectivity index (χ1) is 13.5. The van der Waals surface area contributed by atoms with Gasteiger partial charge in [0.15, 0.2) is 11.6 Å². The Balaban J connectivity index is 1.77. The van der Waals surface area contributed by atoms with Crippen molar-refractivity contribution in [2.45, 2.75) is 0 Å². The first-order valence-electron chi connectivity index (χ1n) is 8.24. The van der Waals surface area contributed by atoms with E-state index in [2.05, 4.69) is 10.4 Å². The smallest absolute Gasteiger partial charge is 0.295 e. The molecule has 1 heterocycles. The molecule has 0 saturated heterocycles. The van der Waals surface area contributed by atoms with E-state index in [1.807, 2.05) is 30.3 Å². The van der Waals surface area contributed by atoms with Crippen molar-refractivity contribution < 1.29 is 13.6 Å². The van der Waals surface area contributed by atoms with Crippen molar-refractivity contribution in [3.05, 3.63) is 82.8 Å². The zero-order valence-electron chi connectivity index (χ0n) is 14.6. The molecule has 9 heteroatoms. The van der Waals surface area contributed by atoms with E-state index >= 15 is 0 Å². The molecule has 0 radical (unpaired) electrons. The van der Waals surface area contributed by atoms with Crippen LogP contribution in [0.15, 0.2) is 65.5 Å². The summed E-state index contributed by atoms with van der Waals surface area (Å²) >= 11 is 0. The maximum absolute atomic E-state index is 14.0. The van der Waals surface area contributed by atoms with Gasteiger partial charge in [0.05, 0.1) is 5.69 Å². The number of carbonyl (C=O) groups excluding carboxylic acids is 1. The lowest BCUT2D eigenvalue weighted by molar-refractivity contribution is 0.245. The van der Waals surface area contributed by atoms with Crippen LogP contribution < -0.4 is 10.6 Å². The molecule has 28 heavy (non-hydrogen) atoms. The molecule has 0 aliphatic heterocycles. The molecule has 0 atom stereocenters. The molecule has 0 N–H and O–H groups in total. The number of hydrogen-bond acceptors (Lipinski definition) is 4. The van der Waals surface area contributed by atoms with Crippen molar-refractivity contribution in [2.75, 3.05) is 11.9 Å². The van der Waals surface area contributed by atoms with Gasteiger partial charge in [-0.25, -0.2) is 18.4 Å².